The molecule has 1 atom stereocenters. The summed E-state index contributed by atoms with van der Waals surface area (Å²) >= 11 is 12.4. The van der Waals surface area contributed by atoms with E-state index in [4.69, 9.17) is 23.2 Å². The fourth-order valence-electron chi connectivity index (χ4n) is 4.60. The van der Waals surface area contributed by atoms with E-state index in [0.29, 0.717) is 22.2 Å². The summed E-state index contributed by atoms with van der Waals surface area (Å²) < 4.78 is 26.6. The Morgan fingerprint density at radius 3 is 2.17 bits per heavy atom. The van der Waals surface area contributed by atoms with Crippen LogP contribution in [0.15, 0.2) is 72.8 Å². The third-order valence-corrected chi connectivity index (χ3v) is 8.49. The van der Waals surface area contributed by atoms with E-state index in [1.54, 1.807) is 35.2 Å². The highest BCUT2D eigenvalue weighted by molar-refractivity contribution is 7.92. The van der Waals surface area contributed by atoms with Crippen molar-refractivity contribution < 1.29 is 18.0 Å². The molecule has 0 bridgehead atoms. The number of amides is 2. The molecule has 0 aliphatic carbocycles. The monoisotopic (exact) mass is 617 g/mol. The number of anilines is 1. The van der Waals surface area contributed by atoms with E-state index in [9.17, 15) is 18.0 Å². The molecule has 3 aromatic carbocycles. The zero-order valence-corrected chi connectivity index (χ0v) is 26.1. The molecule has 0 radical (unpaired) electrons. The number of benzene rings is 3. The first kappa shape index (κ1) is 32.4. The Morgan fingerprint density at radius 1 is 0.902 bits per heavy atom. The van der Waals surface area contributed by atoms with Crippen LogP contribution in [0.2, 0.25) is 10.0 Å². The minimum atomic E-state index is -3.58. The highest BCUT2D eigenvalue weighted by Crippen LogP contribution is 2.26. The molecule has 0 fully saturated rings. The lowest BCUT2D eigenvalue weighted by Gasteiger charge is -2.32. The van der Waals surface area contributed by atoms with Crippen LogP contribution in [-0.2, 0) is 32.6 Å². The first-order chi connectivity index (χ1) is 19.4. The SMILES string of the molecule is Cc1ccccc1N(CCCC(=O)N(Cc1ccc(Cl)c(Cl)c1)[C@H](Cc1ccccc1)C(=O)NC(C)C)S(C)(=O)=O. The van der Waals surface area contributed by atoms with Gasteiger partial charge in [-0.25, -0.2) is 8.42 Å². The number of carbonyl (C=O) groups excluding carboxylic acids is 2. The minimum absolute atomic E-state index is 0.0411. The second kappa shape index (κ2) is 14.7. The van der Waals surface area contributed by atoms with E-state index in [1.165, 1.54) is 4.31 Å². The number of hydrogen-bond acceptors (Lipinski definition) is 4. The lowest BCUT2D eigenvalue weighted by molar-refractivity contribution is -0.141. The number of rotatable bonds is 13. The predicted molar refractivity (Wildman–Crippen MR) is 167 cm³/mol. The molecule has 0 aromatic heterocycles. The van der Waals surface area contributed by atoms with Crippen LogP contribution in [0.3, 0.4) is 0 Å². The van der Waals surface area contributed by atoms with Gasteiger partial charge in [-0.3, -0.25) is 13.9 Å². The van der Waals surface area contributed by atoms with Crippen molar-refractivity contribution in [3.63, 3.8) is 0 Å². The van der Waals surface area contributed by atoms with Gasteiger partial charge in [-0.05, 0) is 62.1 Å². The molecular weight excluding hydrogens is 581 g/mol. The van der Waals surface area contributed by atoms with Crippen molar-refractivity contribution in [1.82, 2.24) is 10.2 Å². The lowest BCUT2D eigenvalue weighted by atomic mass is 10.0. The number of nitrogens with zero attached hydrogens (tertiary/aromatic N) is 2. The zero-order valence-electron chi connectivity index (χ0n) is 23.8. The van der Waals surface area contributed by atoms with Gasteiger partial charge in [0, 0.05) is 32.0 Å². The molecule has 1 N–H and O–H groups in total. The van der Waals surface area contributed by atoms with Crippen molar-refractivity contribution in [3.05, 3.63) is 99.5 Å². The van der Waals surface area contributed by atoms with Crippen molar-refractivity contribution in [1.29, 1.82) is 0 Å². The molecule has 0 aliphatic heterocycles. The summed E-state index contributed by atoms with van der Waals surface area (Å²) in [7, 11) is -3.58. The smallest absolute Gasteiger partial charge is 0.243 e. The summed E-state index contributed by atoms with van der Waals surface area (Å²) in [5.41, 5.74) is 3.03. The predicted octanol–water partition coefficient (Wildman–Crippen LogP) is 6.01. The average Bonchev–Trinajstić information content (AvgIpc) is 2.90. The molecule has 0 heterocycles. The number of para-hydroxylation sites is 1. The third-order valence-electron chi connectivity index (χ3n) is 6.58. The van der Waals surface area contributed by atoms with Gasteiger partial charge in [0.25, 0.3) is 0 Å². The van der Waals surface area contributed by atoms with Crippen molar-refractivity contribution in [2.75, 3.05) is 17.1 Å². The van der Waals surface area contributed by atoms with E-state index in [2.05, 4.69) is 5.32 Å². The third kappa shape index (κ3) is 9.48. The second-order valence-corrected chi connectivity index (χ2v) is 13.1. The Bertz CT molecular complexity index is 1450. The van der Waals surface area contributed by atoms with E-state index in [-0.39, 0.29) is 43.8 Å². The van der Waals surface area contributed by atoms with E-state index >= 15 is 0 Å². The van der Waals surface area contributed by atoms with Gasteiger partial charge in [0.05, 0.1) is 22.0 Å². The zero-order chi connectivity index (χ0) is 30.2. The molecule has 0 aliphatic rings. The number of hydrogen-bond donors (Lipinski definition) is 1. The number of nitrogens with one attached hydrogen (secondary N) is 1. The first-order valence-corrected chi connectivity index (χ1v) is 16.1. The Labute approximate surface area is 253 Å². The molecule has 41 heavy (non-hydrogen) atoms. The van der Waals surface area contributed by atoms with Gasteiger partial charge >= 0.3 is 0 Å². The van der Waals surface area contributed by atoms with Gasteiger partial charge in [0.2, 0.25) is 21.8 Å². The standard InChI is InChI=1S/C31H37Cl2N3O4S/c1-22(2)34-31(38)29(20-24-12-6-5-7-13-24)35(21-25-16-17-26(32)27(33)19-25)30(37)15-10-18-36(41(4,39)40)28-14-9-8-11-23(28)3/h5-9,11-14,16-17,19,22,29H,10,15,18,20-21H2,1-4H3,(H,34,38)/t29-/m1/s1. The van der Waals surface area contributed by atoms with Crippen LogP contribution < -0.4 is 9.62 Å². The molecule has 3 aromatic rings. The van der Waals surface area contributed by atoms with Crippen LogP contribution in [0.5, 0.6) is 0 Å². The maximum Gasteiger partial charge on any atom is 0.243 e. The van der Waals surface area contributed by atoms with Crippen LogP contribution in [0.1, 0.15) is 43.4 Å². The normalized spacial score (nSPS) is 12.2. The minimum Gasteiger partial charge on any atom is -0.352 e. The summed E-state index contributed by atoms with van der Waals surface area (Å²) in [4.78, 5) is 28.9. The molecule has 10 heteroatoms. The van der Waals surface area contributed by atoms with E-state index in [1.807, 2.05) is 63.2 Å². The summed E-state index contributed by atoms with van der Waals surface area (Å²) in [5.74, 6) is -0.538. The van der Waals surface area contributed by atoms with Crippen LogP contribution in [0.4, 0.5) is 5.69 Å². The quantitative estimate of drug-likeness (QED) is 0.254. The molecule has 0 unspecified atom stereocenters. The Balaban J connectivity index is 1.91. The summed E-state index contributed by atoms with van der Waals surface area (Å²) in [6, 6.07) is 20.9. The van der Waals surface area contributed by atoms with Crippen LogP contribution in [0.25, 0.3) is 0 Å². The number of aryl methyl sites for hydroxylation is 1. The maximum absolute atomic E-state index is 13.9. The summed E-state index contributed by atoms with van der Waals surface area (Å²) in [5, 5.41) is 3.70. The van der Waals surface area contributed by atoms with Gasteiger partial charge < -0.3 is 10.2 Å². The Kier molecular flexibility index (Phi) is 11.6. The van der Waals surface area contributed by atoms with Gasteiger partial charge in [-0.1, -0.05) is 77.8 Å². The van der Waals surface area contributed by atoms with Gasteiger partial charge in [0.1, 0.15) is 6.04 Å². The molecule has 7 nitrogen and oxygen atoms in total. The molecule has 220 valence electrons. The van der Waals surface area contributed by atoms with Crippen molar-refractivity contribution >= 4 is 50.7 Å². The largest absolute Gasteiger partial charge is 0.352 e. The van der Waals surface area contributed by atoms with Crippen molar-refractivity contribution in [2.45, 2.75) is 58.7 Å². The number of carbonyl (C=O) groups is 2. The van der Waals surface area contributed by atoms with E-state index in [0.717, 1.165) is 22.9 Å². The average molecular weight is 619 g/mol. The summed E-state index contributed by atoms with van der Waals surface area (Å²) in [6.45, 7) is 5.84. The fourth-order valence-corrected chi connectivity index (χ4v) is 5.94. The van der Waals surface area contributed by atoms with Gasteiger partial charge in [-0.15, -0.1) is 0 Å². The second-order valence-electron chi connectivity index (χ2n) is 10.4. The van der Waals surface area contributed by atoms with Gasteiger partial charge in [-0.2, -0.15) is 0 Å². The molecular formula is C31H37Cl2N3O4S. The highest BCUT2D eigenvalue weighted by Gasteiger charge is 2.31. The maximum atomic E-state index is 13.9. The molecule has 0 spiro atoms. The Morgan fingerprint density at radius 2 is 1.56 bits per heavy atom. The first-order valence-electron chi connectivity index (χ1n) is 13.5. The van der Waals surface area contributed by atoms with Crippen molar-refractivity contribution in [3.8, 4) is 0 Å². The van der Waals surface area contributed by atoms with Crippen LogP contribution >= 0.6 is 23.2 Å². The lowest BCUT2D eigenvalue weighted by Crippen LogP contribution is -2.51. The molecule has 2 amide bonds. The van der Waals surface area contributed by atoms with Crippen LogP contribution in [-0.4, -0.2) is 50.0 Å². The van der Waals surface area contributed by atoms with Crippen LogP contribution in [0, 0.1) is 6.92 Å². The molecule has 3 rings (SSSR count). The topological polar surface area (TPSA) is 86.8 Å². The molecule has 0 saturated heterocycles. The van der Waals surface area contributed by atoms with E-state index < -0.39 is 16.1 Å². The van der Waals surface area contributed by atoms with Crippen molar-refractivity contribution in [2.24, 2.45) is 0 Å². The highest BCUT2D eigenvalue weighted by atomic mass is 35.5. The molecule has 0 saturated carbocycles. The van der Waals surface area contributed by atoms with Gasteiger partial charge in [0.15, 0.2) is 0 Å². The summed E-state index contributed by atoms with van der Waals surface area (Å²) in [6.07, 6.45) is 1.77. The number of halogens is 2. The number of sulfonamides is 1. The fraction of sp³-hybridized carbons (Fsp3) is 0.355. The Hall–Kier alpha value is -3.07.